The molecular weight excluding hydrogens is 222 g/mol. The van der Waals surface area contributed by atoms with Gasteiger partial charge in [0.15, 0.2) is 0 Å². The van der Waals surface area contributed by atoms with E-state index in [1.807, 2.05) is 0 Å². The lowest BCUT2D eigenvalue weighted by molar-refractivity contribution is 0.317. The number of likely N-dealkylation sites (N-methyl/N-ethyl adjacent to an activating group) is 1. The fraction of sp³-hybridized carbons (Fsp3) is 0.625. The Hall–Kier alpha value is -1.02. The molecule has 1 saturated carbocycles. The van der Waals surface area contributed by atoms with Crippen LogP contribution in [-0.2, 0) is 0 Å². The number of ether oxygens (including phenoxy) is 1. The van der Waals surface area contributed by atoms with Crippen LogP contribution in [0.25, 0.3) is 0 Å². The molecule has 100 valence electrons. The van der Waals surface area contributed by atoms with E-state index in [1.54, 1.807) is 0 Å². The van der Waals surface area contributed by atoms with Crippen molar-refractivity contribution in [2.75, 3.05) is 13.2 Å². The summed E-state index contributed by atoms with van der Waals surface area (Å²) in [5, 5.41) is 3.61. The van der Waals surface area contributed by atoms with Crippen LogP contribution in [0, 0.1) is 0 Å². The first-order valence-electron chi connectivity index (χ1n) is 7.31. The summed E-state index contributed by atoms with van der Waals surface area (Å²) in [5.74, 6) is 1.68. The molecule has 2 unspecified atom stereocenters. The minimum Gasteiger partial charge on any atom is -0.494 e. The Morgan fingerprint density at radius 2 is 1.94 bits per heavy atom. The summed E-state index contributed by atoms with van der Waals surface area (Å²) in [5.41, 5.74) is 1.46. The minimum atomic E-state index is 0.664. The first-order valence-corrected chi connectivity index (χ1v) is 7.31. The number of benzene rings is 1. The van der Waals surface area contributed by atoms with Gasteiger partial charge in [0, 0.05) is 6.04 Å². The number of nitrogens with one attached hydrogen (secondary N) is 1. The number of hydrogen-bond donors (Lipinski definition) is 1. The van der Waals surface area contributed by atoms with Gasteiger partial charge in [-0.1, -0.05) is 32.4 Å². The molecule has 1 N–H and O–H groups in total. The summed E-state index contributed by atoms with van der Waals surface area (Å²) in [6.45, 7) is 6.20. The summed E-state index contributed by atoms with van der Waals surface area (Å²) in [6.07, 6.45) is 5.03. The number of hydrogen-bond acceptors (Lipinski definition) is 2. The average Bonchev–Trinajstić information content (AvgIpc) is 2.86. The second-order valence-corrected chi connectivity index (χ2v) is 5.12. The highest BCUT2D eigenvalue weighted by Gasteiger charge is 2.27. The summed E-state index contributed by atoms with van der Waals surface area (Å²) >= 11 is 0. The molecular formula is C16H25NO. The van der Waals surface area contributed by atoms with Crippen molar-refractivity contribution >= 4 is 0 Å². The van der Waals surface area contributed by atoms with Crippen molar-refractivity contribution in [1.82, 2.24) is 5.32 Å². The van der Waals surface area contributed by atoms with Gasteiger partial charge >= 0.3 is 0 Å². The molecule has 18 heavy (non-hydrogen) atoms. The van der Waals surface area contributed by atoms with Gasteiger partial charge in [0.2, 0.25) is 0 Å². The van der Waals surface area contributed by atoms with Crippen molar-refractivity contribution in [3.8, 4) is 5.75 Å². The molecule has 0 spiro atoms. The third kappa shape index (κ3) is 3.26. The predicted molar refractivity (Wildman–Crippen MR) is 76.3 cm³/mol. The second-order valence-electron chi connectivity index (χ2n) is 5.12. The van der Waals surface area contributed by atoms with Gasteiger partial charge in [0.05, 0.1) is 6.61 Å². The number of rotatable bonds is 6. The SMILES string of the molecule is CCCOc1ccc(C2CCCC2NCC)cc1. The molecule has 2 atom stereocenters. The summed E-state index contributed by atoms with van der Waals surface area (Å²) < 4.78 is 5.63. The van der Waals surface area contributed by atoms with Crippen molar-refractivity contribution in [3.63, 3.8) is 0 Å². The topological polar surface area (TPSA) is 21.3 Å². The molecule has 0 aromatic heterocycles. The molecule has 1 aliphatic rings. The van der Waals surface area contributed by atoms with Crippen molar-refractivity contribution in [1.29, 1.82) is 0 Å². The van der Waals surface area contributed by atoms with Crippen molar-refractivity contribution in [3.05, 3.63) is 29.8 Å². The van der Waals surface area contributed by atoms with Gasteiger partial charge in [0.1, 0.15) is 5.75 Å². The van der Waals surface area contributed by atoms with Crippen LogP contribution in [-0.4, -0.2) is 19.2 Å². The zero-order valence-electron chi connectivity index (χ0n) is 11.6. The Kier molecular flexibility index (Phi) is 5.06. The zero-order chi connectivity index (χ0) is 12.8. The summed E-state index contributed by atoms with van der Waals surface area (Å²) in [7, 11) is 0. The van der Waals surface area contributed by atoms with Gasteiger partial charge in [-0.25, -0.2) is 0 Å². The second kappa shape index (κ2) is 6.79. The lowest BCUT2D eigenvalue weighted by Gasteiger charge is -2.21. The van der Waals surface area contributed by atoms with Gasteiger partial charge in [0.25, 0.3) is 0 Å². The van der Waals surface area contributed by atoms with E-state index in [1.165, 1.54) is 24.8 Å². The smallest absolute Gasteiger partial charge is 0.119 e. The molecule has 0 amide bonds. The Balaban J connectivity index is 1.99. The maximum Gasteiger partial charge on any atom is 0.119 e. The lowest BCUT2D eigenvalue weighted by Crippen LogP contribution is -2.30. The molecule has 1 aromatic rings. The maximum atomic E-state index is 5.63. The fourth-order valence-electron chi connectivity index (χ4n) is 2.90. The fourth-order valence-corrected chi connectivity index (χ4v) is 2.90. The standard InChI is InChI=1S/C16H25NO/c1-3-12-18-14-10-8-13(9-11-14)15-6-5-7-16(15)17-4-2/h8-11,15-17H,3-7,12H2,1-2H3. The van der Waals surface area contributed by atoms with E-state index in [4.69, 9.17) is 4.74 Å². The Bertz CT molecular complexity index is 347. The minimum absolute atomic E-state index is 0.664. The van der Waals surface area contributed by atoms with Crippen LogP contribution in [0.5, 0.6) is 5.75 Å². The average molecular weight is 247 g/mol. The van der Waals surface area contributed by atoms with Crippen LogP contribution in [0.2, 0.25) is 0 Å². The van der Waals surface area contributed by atoms with Gasteiger partial charge < -0.3 is 10.1 Å². The quantitative estimate of drug-likeness (QED) is 0.827. The highest BCUT2D eigenvalue weighted by atomic mass is 16.5. The van der Waals surface area contributed by atoms with Gasteiger partial charge in [-0.3, -0.25) is 0 Å². The van der Waals surface area contributed by atoms with E-state index in [9.17, 15) is 0 Å². The molecule has 0 heterocycles. The van der Waals surface area contributed by atoms with Crippen LogP contribution < -0.4 is 10.1 Å². The van der Waals surface area contributed by atoms with Crippen LogP contribution in [0.15, 0.2) is 24.3 Å². The van der Waals surface area contributed by atoms with Crippen molar-refractivity contribution in [2.45, 2.75) is 51.5 Å². The van der Waals surface area contributed by atoms with Gasteiger partial charge in [-0.2, -0.15) is 0 Å². The van der Waals surface area contributed by atoms with E-state index in [0.29, 0.717) is 12.0 Å². The molecule has 1 aromatic carbocycles. The molecule has 0 saturated heterocycles. The Morgan fingerprint density at radius 1 is 1.17 bits per heavy atom. The first kappa shape index (κ1) is 13.4. The summed E-state index contributed by atoms with van der Waals surface area (Å²) in [6, 6.07) is 9.38. The van der Waals surface area contributed by atoms with E-state index in [-0.39, 0.29) is 0 Å². The Labute approximate surface area is 111 Å². The highest BCUT2D eigenvalue weighted by molar-refractivity contribution is 5.31. The Morgan fingerprint density at radius 3 is 2.61 bits per heavy atom. The maximum absolute atomic E-state index is 5.63. The molecule has 1 aliphatic carbocycles. The molecule has 0 bridgehead atoms. The first-order chi connectivity index (χ1) is 8.85. The third-order valence-electron chi connectivity index (χ3n) is 3.76. The third-order valence-corrected chi connectivity index (χ3v) is 3.76. The molecule has 0 aliphatic heterocycles. The molecule has 0 radical (unpaired) electrons. The van der Waals surface area contributed by atoms with E-state index in [2.05, 4.69) is 43.4 Å². The lowest BCUT2D eigenvalue weighted by atomic mass is 9.94. The zero-order valence-corrected chi connectivity index (χ0v) is 11.6. The molecule has 2 nitrogen and oxygen atoms in total. The normalized spacial score (nSPS) is 23.2. The van der Waals surface area contributed by atoms with Crippen molar-refractivity contribution in [2.24, 2.45) is 0 Å². The van der Waals surface area contributed by atoms with Crippen LogP contribution in [0.4, 0.5) is 0 Å². The van der Waals surface area contributed by atoms with Crippen LogP contribution in [0.1, 0.15) is 51.0 Å². The van der Waals surface area contributed by atoms with Gasteiger partial charge in [-0.15, -0.1) is 0 Å². The van der Waals surface area contributed by atoms with E-state index >= 15 is 0 Å². The van der Waals surface area contributed by atoms with E-state index in [0.717, 1.165) is 25.3 Å². The highest BCUT2D eigenvalue weighted by Crippen LogP contribution is 2.35. The predicted octanol–water partition coefficient (Wildman–Crippen LogP) is 3.72. The molecule has 1 fully saturated rings. The van der Waals surface area contributed by atoms with Gasteiger partial charge in [-0.05, 0) is 49.4 Å². The van der Waals surface area contributed by atoms with E-state index < -0.39 is 0 Å². The summed E-state index contributed by atoms with van der Waals surface area (Å²) in [4.78, 5) is 0. The molecule has 2 rings (SSSR count). The monoisotopic (exact) mass is 247 g/mol. The molecule has 2 heteroatoms. The van der Waals surface area contributed by atoms with Crippen molar-refractivity contribution < 1.29 is 4.74 Å². The van der Waals surface area contributed by atoms with Crippen LogP contribution in [0.3, 0.4) is 0 Å². The van der Waals surface area contributed by atoms with Crippen LogP contribution >= 0.6 is 0 Å². The largest absolute Gasteiger partial charge is 0.494 e.